The minimum Gasteiger partial charge on any atom is -0.298 e. The third-order valence-electron chi connectivity index (χ3n) is 7.20. The molecule has 3 aromatic rings. The first-order valence-corrected chi connectivity index (χ1v) is 16.1. The lowest BCUT2D eigenvalue weighted by Crippen LogP contribution is -2.43. The number of anilines is 1. The van der Waals surface area contributed by atoms with Crippen molar-refractivity contribution in [1.82, 2.24) is 21.1 Å². The fourth-order valence-electron chi connectivity index (χ4n) is 5.26. The minimum absolute atomic E-state index is 0.183. The van der Waals surface area contributed by atoms with Crippen LogP contribution < -0.4 is 16.4 Å². The molecule has 3 N–H and O–H groups in total. The molecule has 198 valence electrons. The first-order chi connectivity index (χ1) is 18.2. The molecule has 38 heavy (non-hydrogen) atoms. The van der Waals surface area contributed by atoms with Crippen molar-refractivity contribution in [3.8, 4) is 22.7 Å². The Balaban J connectivity index is 1.45. The number of nitrogens with one attached hydrogen (secondary N) is 3. The monoisotopic (exact) mass is 544 g/mol. The summed E-state index contributed by atoms with van der Waals surface area (Å²) in [4.78, 5) is 17.5. The van der Waals surface area contributed by atoms with E-state index in [0.717, 1.165) is 22.4 Å². The fraction of sp³-hybridized carbons (Fsp3) is 0.345. The number of hydrazone groups is 1. The lowest BCUT2D eigenvalue weighted by Gasteiger charge is -2.38. The molecule has 0 unspecified atom stereocenters. The summed E-state index contributed by atoms with van der Waals surface area (Å²) in [6.07, 6.45) is 1.67. The Hall–Kier alpha value is -3.45. The summed E-state index contributed by atoms with van der Waals surface area (Å²) in [6.45, 7) is 14.6. The molecule has 4 rings (SSSR count). The van der Waals surface area contributed by atoms with E-state index < -0.39 is 8.07 Å². The quantitative estimate of drug-likeness (QED) is 0.226. The molecule has 0 saturated carbocycles. The maximum absolute atomic E-state index is 12.8. The van der Waals surface area contributed by atoms with Crippen LogP contribution in [0.1, 0.15) is 63.0 Å². The van der Waals surface area contributed by atoms with Crippen molar-refractivity contribution in [2.24, 2.45) is 5.10 Å². The van der Waals surface area contributed by atoms with Crippen LogP contribution in [0.2, 0.25) is 16.6 Å². The summed E-state index contributed by atoms with van der Waals surface area (Å²) in [5.74, 6) is 3.34. The highest BCUT2D eigenvalue weighted by atomic mass is 32.1. The van der Waals surface area contributed by atoms with Crippen molar-refractivity contribution in [3.63, 3.8) is 0 Å². The Morgan fingerprint density at radius 2 is 1.76 bits per heavy atom. The van der Waals surface area contributed by atoms with Crippen LogP contribution >= 0.6 is 11.3 Å². The largest absolute Gasteiger partial charge is 0.298 e. The molecule has 2 aromatic carbocycles. The predicted molar refractivity (Wildman–Crippen MR) is 160 cm³/mol. The highest BCUT2D eigenvalue weighted by molar-refractivity contribution is 7.14. The van der Waals surface area contributed by atoms with E-state index in [0.29, 0.717) is 33.9 Å². The van der Waals surface area contributed by atoms with Crippen molar-refractivity contribution in [3.05, 3.63) is 70.6 Å². The molecule has 0 atom stereocenters. The number of amides is 1. The van der Waals surface area contributed by atoms with Gasteiger partial charge in [-0.2, -0.15) is 5.10 Å². The van der Waals surface area contributed by atoms with Crippen molar-refractivity contribution < 1.29 is 4.79 Å². The van der Waals surface area contributed by atoms with Gasteiger partial charge in [0.05, 0.1) is 12.2 Å². The molecule has 0 bridgehead atoms. The number of benzene rings is 2. The van der Waals surface area contributed by atoms with Gasteiger partial charge in [-0.05, 0) is 46.5 Å². The number of hydrogen-bond acceptors (Lipinski definition) is 7. The second kappa shape index (κ2) is 11.9. The lowest BCUT2D eigenvalue weighted by molar-refractivity contribution is 0.102. The van der Waals surface area contributed by atoms with Crippen molar-refractivity contribution >= 4 is 36.8 Å². The van der Waals surface area contributed by atoms with Crippen LogP contribution in [0.15, 0.2) is 59.0 Å². The maximum Gasteiger partial charge on any atom is 0.257 e. The van der Waals surface area contributed by atoms with E-state index in [1.54, 1.807) is 6.34 Å². The van der Waals surface area contributed by atoms with Gasteiger partial charge in [-0.3, -0.25) is 15.1 Å². The first-order valence-electron chi connectivity index (χ1n) is 13.0. The average Bonchev–Trinajstić information content (AvgIpc) is 3.57. The molecule has 1 aliphatic heterocycles. The van der Waals surface area contributed by atoms with Gasteiger partial charge >= 0.3 is 0 Å². The van der Waals surface area contributed by atoms with E-state index in [1.165, 1.54) is 11.3 Å². The predicted octanol–water partition coefficient (Wildman–Crippen LogP) is 6.40. The molecule has 0 fully saturated rings. The molecule has 1 aliphatic rings. The smallest absolute Gasteiger partial charge is 0.257 e. The number of rotatable bonds is 8. The third kappa shape index (κ3) is 6.15. The molecule has 1 amide bonds. The summed E-state index contributed by atoms with van der Waals surface area (Å²) < 4.78 is 0. The summed E-state index contributed by atoms with van der Waals surface area (Å²) in [5.41, 5.74) is 15.6. The molecule has 0 saturated heterocycles. The number of carbonyl (C=O) groups is 1. The first kappa shape index (κ1) is 27.6. The van der Waals surface area contributed by atoms with E-state index in [4.69, 9.17) is 0 Å². The summed E-state index contributed by atoms with van der Waals surface area (Å²) in [7, 11) is -1.80. The molecule has 0 spiro atoms. The number of carbonyl (C=O) groups excluding carboxylic acids is 1. The lowest BCUT2D eigenvalue weighted by atomic mass is 10.1. The summed E-state index contributed by atoms with van der Waals surface area (Å²) in [5, 5.41) is 11.2. The maximum atomic E-state index is 12.8. The second-order valence-corrected chi connectivity index (χ2v) is 17.0. The summed E-state index contributed by atoms with van der Waals surface area (Å²) in [6, 6.07) is 15.7. The van der Waals surface area contributed by atoms with E-state index in [-0.39, 0.29) is 5.91 Å². The normalized spacial score (nSPS) is 13.1. The van der Waals surface area contributed by atoms with Crippen LogP contribution in [-0.4, -0.2) is 30.3 Å². The van der Waals surface area contributed by atoms with Gasteiger partial charge in [0.15, 0.2) is 5.13 Å². The topological polar surface area (TPSA) is 81.7 Å². The van der Waals surface area contributed by atoms with Gasteiger partial charge in [-0.15, -0.1) is 22.4 Å². The molecule has 7 nitrogen and oxygen atoms in total. The van der Waals surface area contributed by atoms with E-state index in [9.17, 15) is 4.79 Å². The van der Waals surface area contributed by atoms with Crippen LogP contribution in [0.4, 0.5) is 5.13 Å². The highest BCUT2D eigenvalue weighted by Gasteiger charge is 2.41. The Morgan fingerprint density at radius 1 is 1.05 bits per heavy atom. The average molecular weight is 545 g/mol. The van der Waals surface area contributed by atoms with E-state index in [1.807, 2.05) is 46.8 Å². The van der Waals surface area contributed by atoms with Crippen LogP contribution in [0, 0.1) is 11.5 Å². The Bertz CT molecular complexity index is 1330. The minimum atomic E-state index is -1.80. The van der Waals surface area contributed by atoms with Gasteiger partial charge in [-0.1, -0.05) is 71.7 Å². The Kier molecular flexibility index (Phi) is 8.67. The number of nitrogens with zero attached hydrogens (tertiary/aromatic N) is 3. The van der Waals surface area contributed by atoms with Gasteiger partial charge in [0.2, 0.25) is 0 Å². The Labute approximate surface area is 230 Å². The summed E-state index contributed by atoms with van der Waals surface area (Å²) >= 11 is 1.42. The Morgan fingerprint density at radius 3 is 2.39 bits per heavy atom. The molecular weight excluding hydrogens is 509 g/mol. The standard InChI is InChI=1S/C29H36N6OSSi/c1-20(2)38(21(3)4,22(5)6)15-14-23-8-7-9-26(16-23)27-18-37-29(31-27)32-28(36)25-12-10-24(11-13-25)17-35-19-30-33-34-35/h7-13,16,18-22,33-34H,17H2,1-6H3,(H,31,32,36). The SMILES string of the molecule is CC(C)[Si](C#Cc1cccc(-c2csc(NC(=O)c3ccc(CN4C=NNN4)cc3)n2)c1)(C(C)C)C(C)C. The van der Waals surface area contributed by atoms with Crippen LogP contribution in [0.5, 0.6) is 0 Å². The van der Waals surface area contributed by atoms with Gasteiger partial charge in [-0.25, -0.2) is 10.5 Å². The molecule has 0 radical (unpaired) electrons. The zero-order valence-electron chi connectivity index (χ0n) is 22.9. The number of aromatic nitrogens is 1. The van der Waals surface area contributed by atoms with Crippen molar-refractivity contribution in [2.75, 3.05) is 5.32 Å². The second-order valence-electron chi connectivity index (χ2n) is 10.5. The van der Waals surface area contributed by atoms with Crippen LogP contribution in [0.3, 0.4) is 0 Å². The highest BCUT2D eigenvalue weighted by Crippen LogP contribution is 2.40. The molecular formula is C29H36N6OSSi. The van der Waals surface area contributed by atoms with Gasteiger partial charge in [0, 0.05) is 22.1 Å². The molecule has 0 aliphatic carbocycles. The zero-order chi connectivity index (χ0) is 27.3. The number of hydrogen-bond donors (Lipinski definition) is 3. The molecule has 1 aromatic heterocycles. The fourth-order valence-corrected chi connectivity index (χ4v) is 11.2. The third-order valence-corrected chi connectivity index (χ3v) is 14.2. The molecule has 9 heteroatoms. The number of thiazole rings is 1. The van der Waals surface area contributed by atoms with Crippen molar-refractivity contribution in [1.29, 1.82) is 0 Å². The van der Waals surface area contributed by atoms with E-state index >= 15 is 0 Å². The molecule has 2 heterocycles. The van der Waals surface area contributed by atoms with Crippen LogP contribution in [-0.2, 0) is 6.54 Å². The van der Waals surface area contributed by atoms with E-state index in [2.05, 4.69) is 91.6 Å². The van der Waals surface area contributed by atoms with Gasteiger partial charge in [0.1, 0.15) is 14.4 Å². The van der Waals surface area contributed by atoms with Crippen LogP contribution in [0.25, 0.3) is 11.3 Å². The van der Waals surface area contributed by atoms with Crippen molar-refractivity contribution in [2.45, 2.75) is 64.7 Å². The van der Waals surface area contributed by atoms with Gasteiger partial charge in [0.25, 0.3) is 5.91 Å². The zero-order valence-corrected chi connectivity index (χ0v) is 24.7. The van der Waals surface area contributed by atoms with Gasteiger partial charge < -0.3 is 0 Å². The number of hydrazine groups is 2.